The lowest BCUT2D eigenvalue weighted by Crippen LogP contribution is -2.54. The van der Waals surface area contributed by atoms with Crippen LogP contribution in [0.1, 0.15) is 54.2 Å². The van der Waals surface area contributed by atoms with Crippen LogP contribution in [-0.4, -0.2) is 59.2 Å². The van der Waals surface area contributed by atoms with Gasteiger partial charge in [-0.05, 0) is 73.2 Å². The fourth-order valence-electron chi connectivity index (χ4n) is 4.70. The van der Waals surface area contributed by atoms with E-state index in [1.807, 2.05) is 20.8 Å². The van der Waals surface area contributed by atoms with Crippen LogP contribution in [0, 0.1) is 0 Å². The Labute approximate surface area is 238 Å². The fourth-order valence-corrected chi connectivity index (χ4v) is 6.26. The summed E-state index contributed by atoms with van der Waals surface area (Å²) in [5, 5.41) is -0.162. The summed E-state index contributed by atoms with van der Waals surface area (Å²) in [5.41, 5.74) is 1.68. The van der Waals surface area contributed by atoms with E-state index >= 15 is 0 Å². The van der Waals surface area contributed by atoms with Crippen molar-refractivity contribution in [2.45, 2.75) is 50.6 Å². The molecule has 0 spiro atoms. The van der Waals surface area contributed by atoms with Crippen molar-refractivity contribution in [1.82, 2.24) is 9.80 Å². The molecule has 2 aromatic rings. The third-order valence-electron chi connectivity index (χ3n) is 6.85. The van der Waals surface area contributed by atoms with Crippen molar-refractivity contribution in [3.05, 3.63) is 67.7 Å². The fraction of sp³-hybridized carbons (Fsp3) is 0.423. The van der Waals surface area contributed by atoms with Crippen molar-refractivity contribution >= 4 is 64.3 Å². The van der Waals surface area contributed by atoms with Crippen LogP contribution < -0.4 is 0 Å². The molecular formula is C26H25Cl3F3N3O2S. The highest BCUT2D eigenvalue weighted by atomic mass is 35.5. The summed E-state index contributed by atoms with van der Waals surface area (Å²) >= 11 is 18.5. The Morgan fingerprint density at radius 3 is 2.34 bits per heavy atom. The molecule has 0 saturated carbocycles. The number of amides is 2. The molecule has 38 heavy (non-hydrogen) atoms. The molecule has 1 unspecified atom stereocenters. The van der Waals surface area contributed by atoms with Gasteiger partial charge in [-0.15, -0.1) is 0 Å². The number of rotatable bonds is 5. The Kier molecular flexibility index (Phi) is 8.34. The normalized spacial score (nSPS) is 20.4. The number of nitrogens with zero attached hydrogens (tertiary/aromatic N) is 3. The maximum atomic E-state index is 14.5. The largest absolute Gasteiger partial charge is 0.409 e. The molecule has 1 atom stereocenters. The Balaban J connectivity index is 1.61. The first-order valence-electron chi connectivity index (χ1n) is 12.0. The summed E-state index contributed by atoms with van der Waals surface area (Å²) in [4.78, 5) is 29.0. The monoisotopic (exact) mass is 605 g/mol. The minimum absolute atomic E-state index is 0.00835. The Hall–Kier alpha value is -1.94. The zero-order chi connectivity index (χ0) is 28.0. The third-order valence-corrected chi connectivity index (χ3v) is 9.29. The number of alkyl halides is 3. The third kappa shape index (κ3) is 5.27. The first-order valence-corrected chi connectivity index (χ1v) is 13.9. The minimum Gasteiger partial charge on any atom is -0.337 e. The molecule has 0 aliphatic carbocycles. The van der Waals surface area contributed by atoms with Gasteiger partial charge in [0, 0.05) is 31.1 Å². The minimum atomic E-state index is -4.67. The lowest BCUT2D eigenvalue weighted by atomic mass is 9.88. The molecule has 5 nitrogen and oxygen atoms in total. The van der Waals surface area contributed by atoms with Gasteiger partial charge in [0.25, 0.3) is 5.91 Å². The molecule has 1 fully saturated rings. The maximum absolute atomic E-state index is 14.5. The number of carbonyl (C=O) groups is 2. The van der Waals surface area contributed by atoms with Crippen molar-refractivity contribution in [3.8, 4) is 0 Å². The average Bonchev–Trinajstić information content (AvgIpc) is 3.33. The first-order chi connectivity index (χ1) is 17.8. The van der Waals surface area contributed by atoms with Crippen LogP contribution in [0.3, 0.4) is 0 Å². The second-order valence-corrected chi connectivity index (χ2v) is 11.8. The van der Waals surface area contributed by atoms with Crippen LogP contribution >= 0.6 is 46.8 Å². The number of aryl methyl sites for hydroxylation is 1. The summed E-state index contributed by atoms with van der Waals surface area (Å²) < 4.78 is 45.3. The molecule has 4 rings (SSSR count). The molecule has 0 aromatic heterocycles. The van der Waals surface area contributed by atoms with E-state index in [1.54, 1.807) is 23.1 Å². The highest BCUT2D eigenvalue weighted by Crippen LogP contribution is 2.57. The summed E-state index contributed by atoms with van der Waals surface area (Å²) in [5.74, 6) is -0.388. The van der Waals surface area contributed by atoms with E-state index in [4.69, 9.17) is 34.8 Å². The van der Waals surface area contributed by atoms with Gasteiger partial charge in [-0.3, -0.25) is 9.59 Å². The highest BCUT2D eigenvalue weighted by molar-refractivity contribution is 7.99. The molecule has 2 aliphatic heterocycles. The van der Waals surface area contributed by atoms with E-state index in [1.165, 1.54) is 17.0 Å². The van der Waals surface area contributed by atoms with Crippen molar-refractivity contribution in [3.63, 3.8) is 0 Å². The van der Waals surface area contributed by atoms with Crippen LogP contribution in [0.15, 0.2) is 34.7 Å². The molecule has 12 heteroatoms. The van der Waals surface area contributed by atoms with Crippen LogP contribution in [0.2, 0.25) is 15.1 Å². The van der Waals surface area contributed by atoms with Gasteiger partial charge in [-0.2, -0.15) is 13.2 Å². The van der Waals surface area contributed by atoms with Crippen LogP contribution in [0.5, 0.6) is 0 Å². The van der Waals surface area contributed by atoms with Crippen molar-refractivity contribution in [2.75, 3.05) is 19.6 Å². The number of carbonyl (C=O) groups excluding carboxylic acids is 2. The number of halogens is 6. The molecular weight excluding hydrogens is 582 g/mol. The standard InChI is InChI=1S/C26H25Cl3F3N3O2S/c1-4-15-9-16(5-6-18(15)24(37)34-7-8-35(14(2)3)22(36)13-34)21-12-25(38-33-21,26(30,31)32)17-10-19(27)23(29)20(28)11-17/h5-6,9-11,14H,4,7-8,12-13H2,1-3H3. The highest BCUT2D eigenvalue weighted by Gasteiger charge is 2.60. The Morgan fingerprint density at radius 2 is 1.79 bits per heavy atom. The molecule has 2 aliphatic rings. The van der Waals surface area contributed by atoms with E-state index in [-0.39, 0.29) is 50.7 Å². The van der Waals surface area contributed by atoms with E-state index < -0.39 is 17.3 Å². The lowest BCUT2D eigenvalue weighted by Gasteiger charge is -2.36. The molecule has 204 valence electrons. The lowest BCUT2D eigenvalue weighted by molar-refractivity contribution is -0.159. The summed E-state index contributed by atoms with van der Waals surface area (Å²) in [6, 6.07) is 7.31. The van der Waals surface area contributed by atoms with Gasteiger partial charge in [-0.25, -0.2) is 4.40 Å². The second kappa shape index (κ2) is 10.9. The number of benzene rings is 2. The molecule has 2 amide bonds. The van der Waals surface area contributed by atoms with E-state index in [9.17, 15) is 22.8 Å². The summed E-state index contributed by atoms with van der Waals surface area (Å²) in [7, 11) is 0. The average molecular weight is 607 g/mol. The predicted molar refractivity (Wildman–Crippen MR) is 147 cm³/mol. The Morgan fingerprint density at radius 1 is 1.13 bits per heavy atom. The van der Waals surface area contributed by atoms with Gasteiger partial charge in [0.2, 0.25) is 5.91 Å². The summed E-state index contributed by atoms with van der Waals surface area (Å²) in [6.45, 7) is 6.57. The van der Waals surface area contributed by atoms with Gasteiger partial charge in [-0.1, -0.05) is 47.8 Å². The van der Waals surface area contributed by atoms with E-state index in [0.29, 0.717) is 48.1 Å². The van der Waals surface area contributed by atoms with Gasteiger partial charge in [0.1, 0.15) is 6.54 Å². The van der Waals surface area contributed by atoms with Gasteiger partial charge in [0.05, 0.1) is 20.8 Å². The van der Waals surface area contributed by atoms with Crippen LogP contribution in [0.25, 0.3) is 0 Å². The molecule has 0 bridgehead atoms. The molecule has 0 N–H and O–H groups in total. The zero-order valence-corrected chi connectivity index (χ0v) is 23.9. The van der Waals surface area contributed by atoms with Gasteiger partial charge < -0.3 is 9.80 Å². The van der Waals surface area contributed by atoms with E-state index in [0.717, 1.165) is 0 Å². The molecule has 2 aromatic carbocycles. The first kappa shape index (κ1) is 29.1. The topological polar surface area (TPSA) is 53.0 Å². The van der Waals surface area contributed by atoms with Gasteiger partial charge >= 0.3 is 6.18 Å². The van der Waals surface area contributed by atoms with Crippen molar-refractivity contribution in [1.29, 1.82) is 0 Å². The predicted octanol–water partition coefficient (Wildman–Crippen LogP) is 7.20. The summed E-state index contributed by atoms with van der Waals surface area (Å²) in [6.07, 6.45) is -4.64. The molecule has 1 saturated heterocycles. The Bertz CT molecular complexity index is 1300. The quantitative estimate of drug-likeness (QED) is 0.267. The SMILES string of the molecule is CCc1cc(C2=NSC(c3cc(Cl)c(Cl)c(Cl)c3)(C(F)(F)F)C2)ccc1C(=O)N1CCN(C(C)C)C(=O)C1. The smallest absolute Gasteiger partial charge is 0.337 e. The van der Waals surface area contributed by atoms with Crippen LogP contribution in [0.4, 0.5) is 13.2 Å². The zero-order valence-electron chi connectivity index (χ0n) is 20.8. The molecule has 2 heterocycles. The van der Waals surface area contributed by atoms with Crippen LogP contribution in [-0.2, 0) is 16.0 Å². The van der Waals surface area contributed by atoms with E-state index in [2.05, 4.69) is 4.40 Å². The maximum Gasteiger partial charge on any atom is 0.409 e. The van der Waals surface area contributed by atoms with Crippen molar-refractivity contribution < 1.29 is 22.8 Å². The van der Waals surface area contributed by atoms with Crippen molar-refractivity contribution in [2.24, 2.45) is 4.40 Å². The number of piperazine rings is 1. The second-order valence-electron chi connectivity index (χ2n) is 9.52. The van der Waals surface area contributed by atoms with Gasteiger partial charge in [0.15, 0.2) is 4.75 Å². The number of hydrogen-bond donors (Lipinski definition) is 0. The number of hydrogen-bond acceptors (Lipinski definition) is 4. The molecule has 0 radical (unpaired) electrons.